The Bertz CT molecular complexity index is 500. The number of esters is 1. The number of carbonyl (C=O) groups excluding carboxylic acids is 1. The molecule has 4 nitrogen and oxygen atoms in total. The first-order valence-electron chi connectivity index (χ1n) is 7.29. The van der Waals surface area contributed by atoms with Crippen LogP contribution in [0.2, 0.25) is 0 Å². The molecule has 21 heavy (non-hydrogen) atoms. The van der Waals surface area contributed by atoms with Crippen LogP contribution in [0.15, 0.2) is 42.6 Å². The third kappa shape index (κ3) is 3.64. The maximum atomic E-state index is 12.3. The largest absolute Gasteiger partial charge is 0.461 e. The molecule has 0 aliphatic carbocycles. The van der Waals surface area contributed by atoms with Crippen molar-refractivity contribution in [2.24, 2.45) is 0 Å². The predicted molar refractivity (Wildman–Crippen MR) is 81.7 cm³/mol. The third-order valence-electron chi connectivity index (χ3n) is 4.18. The first-order valence-corrected chi connectivity index (χ1v) is 7.29. The molecule has 0 aromatic heterocycles. The van der Waals surface area contributed by atoms with E-state index in [1.165, 1.54) is 0 Å². The third-order valence-corrected chi connectivity index (χ3v) is 4.18. The molecule has 0 saturated carbocycles. The lowest BCUT2D eigenvalue weighted by Gasteiger charge is -2.38. The summed E-state index contributed by atoms with van der Waals surface area (Å²) in [6.07, 6.45) is 1.28. The molecular formula is C17H23NO3. The van der Waals surface area contributed by atoms with Crippen LogP contribution in [0.3, 0.4) is 0 Å². The lowest BCUT2D eigenvalue weighted by Crippen LogP contribution is -2.40. The monoisotopic (exact) mass is 289 g/mol. The zero-order valence-electron chi connectivity index (χ0n) is 12.7. The Morgan fingerprint density at radius 1 is 1.48 bits per heavy atom. The van der Waals surface area contributed by atoms with E-state index in [-0.39, 0.29) is 18.7 Å². The number of aliphatic hydroxyl groups is 1. The van der Waals surface area contributed by atoms with Crippen molar-refractivity contribution >= 4 is 5.97 Å². The maximum absolute atomic E-state index is 12.3. The minimum absolute atomic E-state index is 0.158. The molecule has 1 aliphatic rings. The summed E-state index contributed by atoms with van der Waals surface area (Å²) in [6.45, 7) is 5.86. The average Bonchev–Trinajstić information content (AvgIpc) is 2.46. The number of hydrogen-bond donors (Lipinski definition) is 1. The van der Waals surface area contributed by atoms with Gasteiger partial charge in [0, 0.05) is 31.6 Å². The van der Waals surface area contributed by atoms with Crippen LogP contribution < -0.4 is 0 Å². The number of benzene rings is 1. The lowest BCUT2D eigenvalue weighted by atomic mass is 9.97. The molecule has 3 unspecified atom stereocenters. The van der Waals surface area contributed by atoms with E-state index < -0.39 is 5.92 Å². The summed E-state index contributed by atoms with van der Waals surface area (Å²) < 4.78 is 5.60. The molecule has 0 spiro atoms. The summed E-state index contributed by atoms with van der Waals surface area (Å²) in [6, 6.07) is 9.55. The fourth-order valence-corrected chi connectivity index (χ4v) is 2.68. The van der Waals surface area contributed by atoms with Gasteiger partial charge < -0.3 is 14.7 Å². The van der Waals surface area contributed by atoms with Crippen LogP contribution in [0.5, 0.6) is 0 Å². The van der Waals surface area contributed by atoms with Gasteiger partial charge in [-0.05, 0) is 12.5 Å². The molecule has 1 heterocycles. The number of carbonyl (C=O) groups is 1. The molecule has 1 aromatic carbocycles. The predicted octanol–water partition coefficient (Wildman–Crippen LogP) is 2.30. The van der Waals surface area contributed by atoms with Gasteiger partial charge in [0.05, 0.1) is 6.61 Å². The van der Waals surface area contributed by atoms with Gasteiger partial charge in [-0.2, -0.15) is 0 Å². The number of ether oxygens (including phenoxy) is 1. The van der Waals surface area contributed by atoms with Crippen molar-refractivity contribution < 1.29 is 14.6 Å². The highest BCUT2D eigenvalue weighted by molar-refractivity contribution is 5.78. The number of nitrogens with zero attached hydrogens (tertiary/aromatic N) is 1. The summed E-state index contributed by atoms with van der Waals surface area (Å²) >= 11 is 0. The topological polar surface area (TPSA) is 49.8 Å². The van der Waals surface area contributed by atoms with Crippen LogP contribution in [0, 0.1) is 0 Å². The van der Waals surface area contributed by atoms with E-state index in [0.717, 1.165) is 17.7 Å². The van der Waals surface area contributed by atoms with E-state index in [1.54, 1.807) is 0 Å². The molecule has 2 rings (SSSR count). The van der Waals surface area contributed by atoms with Crippen molar-refractivity contribution in [3.05, 3.63) is 48.2 Å². The van der Waals surface area contributed by atoms with Gasteiger partial charge in [-0.15, -0.1) is 0 Å². The Morgan fingerprint density at radius 3 is 2.71 bits per heavy atom. The molecule has 0 amide bonds. The van der Waals surface area contributed by atoms with Crippen molar-refractivity contribution in [1.82, 2.24) is 4.90 Å². The molecule has 0 bridgehead atoms. The van der Waals surface area contributed by atoms with Crippen LogP contribution >= 0.6 is 0 Å². The highest BCUT2D eigenvalue weighted by Gasteiger charge is 2.30. The van der Waals surface area contributed by atoms with Crippen molar-refractivity contribution in [3.8, 4) is 0 Å². The highest BCUT2D eigenvalue weighted by atomic mass is 16.5. The zero-order valence-corrected chi connectivity index (χ0v) is 12.7. The van der Waals surface area contributed by atoms with E-state index in [0.29, 0.717) is 12.5 Å². The number of rotatable bonds is 4. The Balaban J connectivity index is 2.02. The van der Waals surface area contributed by atoms with Gasteiger partial charge in [-0.3, -0.25) is 4.79 Å². The van der Waals surface area contributed by atoms with E-state index >= 15 is 0 Å². The van der Waals surface area contributed by atoms with E-state index in [1.807, 2.05) is 37.4 Å². The number of hydrogen-bond acceptors (Lipinski definition) is 4. The van der Waals surface area contributed by atoms with E-state index in [2.05, 4.69) is 18.4 Å². The van der Waals surface area contributed by atoms with Crippen LogP contribution in [0.25, 0.3) is 0 Å². The second-order valence-electron chi connectivity index (χ2n) is 5.67. The molecule has 1 aromatic rings. The van der Waals surface area contributed by atoms with Gasteiger partial charge in [0.25, 0.3) is 0 Å². The molecule has 114 valence electrons. The average molecular weight is 289 g/mol. The molecule has 4 heteroatoms. The van der Waals surface area contributed by atoms with Crippen molar-refractivity contribution in [2.75, 3.05) is 13.7 Å². The smallest absolute Gasteiger partial charge is 0.316 e. The summed E-state index contributed by atoms with van der Waals surface area (Å²) in [5.74, 6) is -0.979. The van der Waals surface area contributed by atoms with Crippen LogP contribution in [0.4, 0.5) is 0 Å². The molecular weight excluding hydrogens is 266 g/mol. The molecule has 3 atom stereocenters. The van der Waals surface area contributed by atoms with Gasteiger partial charge in [0.2, 0.25) is 0 Å². The van der Waals surface area contributed by atoms with Crippen molar-refractivity contribution in [1.29, 1.82) is 0 Å². The Morgan fingerprint density at radius 2 is 2.14 bits per heavy atom. The van der Waals surface area contributed by atoms with Gasteiger partial charge in [0.15, 0.2) is 0 Å². The normalized spacial score (nSPS) is 23.8. The SMILES string of the molecule is C=C1CC(OC(=O)C(CO)c2ccccc2)CC(C)N1C. The lowest BCUT2D eigenvalue weighted by molar-refractivity contribution is -0.153. The fraction of sp³-hybridized carbons (Fsp3) is 0.471. The van der Waals surface area contributed by atoms with Crippen LogP contribution in [-0.4, -0.2) is 41.8 Å². The fourth-order valence-electron chi connectivity index (χ4n) is 2.68. The van der Waals surface area contributed by atoms with Crippen molar-refractivity contribution in [2.45, 2.75) is 37.8 Å². The minimum Gasteiger partial charge on any atom is -0.461 e. The molecule has 1 N–H and O–H groups in total. The molecule has 1 fully saturated rings. The first-order chi connectivity index (χ1) is 10.0. The Hall–Kier alpha value is -1.81. The second kappa shape index (κ2) is 6.76. The second-order valence-corrected chi connectivity index (χ2v) is 5.67. The summed E-state index contributed by atoms with van der Waals surface area (Å²) in [5.41, 5.74) is 1.76. The number of aliphatic hydroxyl groups excluding tert-OH is 1. The first kappa shape index (κ1) is 15.6. The quantitative estimate of drug-likeness (QED) is 0.864. The maximum Gasteiger partial charge on any atom is 0.316 e. The molecule has 0 radical (unpaired) electrons. The van der Waals surface area contributed by atoms with E-state index in [9.17, 15) is 9.90 Å². The number of piperidine rings is 1. The van der Waals surface area contributed by atoms with Crippen molar-refractivity contribution in [3.63, 3.8) is 0 Å². The zero-order chi connectivity index (χ0) is 15.4. The van der Waals surface area contributed by atoms with Gasteiger partial charge in [-0.1, -0.05) is 36.9 Å². The molecule has 1 aliphatic heterocycles. The van der Waals surface area contributed by atoms with Crippen LogP contribution in [-0.2, 0) is 9.53 Å². The standard InChI is InChI=1S/C17H23NO3/c1-12-9-15(10-13(2)18(12)3)21-17(20)16(11-19)14-7-5-4-6-8-14/h4-8,13,15-16,19H,1,9-11H2,2-3H3. The van der Waals surface area contributed by atoms with Gasteiger partial charge in [-0.25, -0.2) is 0 Å². The summed E-state index contributed by atoms with van der Waals surface area (Å²) in [4.78, 5) is 14.4. The highest BCUT2D eigenvalue weighted by Crippen LogP contribution is 2.27. The van der Waals surface area contributed by atoms with Gasteiger partial charge in [0.1, 0.15) is 12.0 Å². The van der Waals surface area contributed by atoms with Crippen LogP contribution in [0.1, 0.15) is 31.2 Å². The van der Waals surface area contributed by atoms with E-state index in [4.69, 9.17) is 4.74 Å². The minimum atomic E-state index is -0.616. The Labute approximate surface area is 126 Å². The molecule has 1 saturated heterocycles. The van der Waals surface area contributed by atoms with Gasteiger partial charge >= 0.3 is 5.97 Å². The summed E-state index contributed by atoms with van der Waals surface area (Å²) in [7, 11) is 2.01. The number of likely N-dealkylation sites (tertiary alicyclic amines) is 1. The Kier molecular flexibility index (Phi) is 5.02. The summed E-state index contributed by atoms with van der Waals surface area (Å²) in [5, 5.41) is 9.50.